The fourth-order valence-corrected chi connectivity index (χ4v) is 3.25. The molecule has 3 heterocycles. The Kier molecular flexibility index (Phi) is 4.02. The number of carbonyl (C=O) groups excluding carboxylic acids is 1. The van der Waals surface area contributed by atoms with Crippen molar-refractivity contribution in [3.05, 3.63) is 50.6 Å². The first-order valence-electron chi connectivity index (χ1n) is 7.21. The molecule has 2 aromatic rings. The first kappa shape index (κ1) is 14.8. The minimum atomic E-state index is -0.0838. The van der Waals surface area contributed by atoms with Gasteiger partial charge in [-0.1, -0.05) is 6.07 Å². The number of thiophene rings is 1. The van der Waals surface area contributed by atoms with Crippen molar-refractivity contribution in [1.29, 1.82) is 0 Å². The number of aromatic nitrogens is 1. The molecule has 0 spiro atoms. The Morgan fingerprint density at radius 2 is 2.23 bits per heavy atom. The van der Waals surface area contributed by atoms with E-state index in [1.165, 1.54) is 17.4 Å². The molecule has 5 nitrogen and oxygen atoms in total. The summed E-state index contributed by atoms with van der Waals surface area (Å²) >= 11 is 1.45. The maximum absolute atomic E-state index is 12.3. The number of hydrogen-bond acceptors (Lipinski definition) is 4. The first-order chi connectivity index (χ1) is 10.5. The van der Waals surface area contributed by atoms with Gasteiger partial charge in [0.25, 0.3) is 11.5 Å². The second kappa shape index (κ2) is 5.96. The lowest BCUT2D eigenvalue weighted by Crippen LogP contribution is -2.30. The van der Waals surface area contributed by atoms with Crippen molar-refractivity contribution in [1.82, 2.24) is 9.47 Å². The van der Waals surface area contributed by atoms with E-state index in [1.807, 2.05) is 35.4 Å². The normalized spacial score (nSPS) is 17.7. The fourth-order valence-electron chi connectivity index (χ4n) is 2.56. The summed E-state index contributed by atoms with van der Waals surface area (Å²) in [5, 5.41) is 1.90. The fraction of sp³-hybridized carbons (Fsp3) is 0.375. The average Bonchev–Trinajstić information content (AvgIpc) is 3.15. The molecule has 0 aliphatic carbocycles. The van der Waals surface area contributed by atoms with Gasteiger partial charge in [-0.05, 0) is 24.4 Å². The molecule has 0 saturated carbocycles. The zero-order chi connectivity index (χ0) is 15.7. The van der Waals surface area contributed by atoms with Gasteiger partial charge in [-0.3, -0.25) is 9.59 Å². The third-order valence-electron chi connectivity index (χ3n) is 3.94. The monoisotopic (exact) mass is 318 g/mol. The summed E-state index contributed by atoms with van der Waals surface area (Å²) in [5.41, 5.74) is 0.770. The van der Waals surface area contributed by atoms with E-state index in [2.05, 4.69) is 0 Å². The third-order valence-corrected chi connectivity index (χ3v) is 4.80. The lowest BCUT2D eigenvalue weighted by Gasteiger charge is -2.17. The number of aryl methyl sites for hydroxylation is 1. The molecule has 3 rings (SSSR count). The molecule has 2 aromatic heterocycles. The highest BCUT2D eigenvalue weighted by Crippen LogP contribution is 2.21. The average molecular weight is 318 g/mol. The summed E-state index contributed by atoms with van der Waals surface area (Å²) in [5.74, 6) is 0.636. The quantitative estimate of drug-likeness (QED) is 0.870. The first-order valence-corrected chi connectivity index (χ1v) is 8.09. The highest BCUT2D eigenvalue weighted by molar-refractivity contribution is 7.12. The van der Waals surface area contributed by atoms with Crippen LogP contribution in [0.4, 0.5) is 0 Å². The highest BCUT2D eigenvalue weighted by Gasteiger charge is 2.28. The number of hydrogen-bond donors (Lipinski definition) is 0. The molecule has 1 atom stereocenters. The van der Waals surface area contributed by atoms with Crippen LogP contribution in [-0.2, 0) is 7.05 Å². The zero-order valence-corrected chi connectivity index (χ0v) is 13.4. The third kappa shape index (κ3) is 2.92. The van der Waals surface area contributed by atoms with Crippen LogP contribution in [0.1, 0.15) is 21.8 Å². The van der Waals surface area contributed by atoms with Crippen LogP contribution in [0.15, 0.2) is 34.4 Å². The molecule has 1 aliphatic rings. The van der Waals surface area contributed by atoms with Gasteiger partial charge in [0.05, 0.1) is 11.4 Å². The number of amides is 1. The van der Waals surface area contributed by atoms with Gasteiger partial charge >= 0.3 is 0 Å². The van der Waals surface area contributed by atoms with E-state index in [-0.39, 0.29) is 17.6 Å². The van der Waals surface area contributed by atoms with E-state index in [4.69, 9.17) is 4.74 Å². The summed E-state index contributed by atoms with van der Waals surface area (Å²) in [6.45, 7) is 3.12. The van der Waals surface area contributed by atoms with Crippen molar-refractivity contribution >= 4 is 17.2 Å². The van der Waals surface area contributed by atoms with Gasteiger partial charge < -0.3 is 14.2 Å². The number of nitrogens with zero attached hydrogens (tertiary/aromatic N) is 2. The van der Waals surface area contributed by atoms with E-state index in [0.29, 0.717) is 18.8 Å². The lowest BCUT2D eigenvalue weighted by molar-refractivity contribution is 0.0777. The van der Waals surface area contributed by atoms with E-state index < -0.39 is 0 Å². The molecular weight excluding hydrogens is 300 g/mol. The Morgan fingerprint density at radius 1 is 1.41 bits per heavy atom. The van der Waals surface area contributed by atoms with Crippen LogP contribution < -0.4 is 10.3 Å². The van der Waals surface area contributed by atoms with Gasteiger partial charge in [0.2, 0.25) is 0 Å². The van der Waals surface area contributed by atoms with Gasteiger partial charge in [0, 0.05) is 31.8 Å². The zero-order valence-electron chi connectivity index (χ0n) is 12.6. The van der Waals surface area contributed by atoms with Crippen molar-refractivity contribution in [2.75, 3.05) is 13.1 Å². The summed E-state index contributed by atoms with van der Waals surface area (Å²) < 4.78 is 7.46. The summed E-state index contributed by atoms with van der Waals surface area (Å²) in [6.07, 6.45) is 0.723. The van der Waals surface area contributed by atoms with Crippen LogP contribution in [0, 0.1) is 6.92 Å². The molecule has 1 saturated heterocycles. The molecule has 1 unspecified atom stereocenters. The standard InChI is InChI=1S/C16H18N2O3S/c1-11-8-13(9-15(19)17(11)2)21-12-5-6-18(10-12)16(20)14-4-3-7-22-14/h3-4,7-9,12H,5-6,10H2,1-2H3. The van der Waals surface area contributed by atoms with Crippen molar-refractivity contribution in [3.63, 3.8) is 0 Å². The van der Waals surface area contributed by atoms with Crippen molar-refractivity contribution in [3.8, 4) is 5.75 Å². The van der Waals surface area contributed by atoms with E-state index >= 15 is 0 Å². The molecular formula is C16H18N2O3S. The van der Waals surface area contributed by atoms with Gasteiger partial charge in [0.1, 0.15) is 11.9 Å². The van der Waals surface area contributed by atoms with Crippen molar-refractivity contribution < 1.29 is 9.53 Å². The molecule has 22 heavy (non-hydrogen) atoms. The Balaban J connectivity index is 1.66. The van der Waals surface area contributed by atoms with Gasteiger partial charge in [-0.15, -0.1) is 11.3 Å². The Bertz CT molecular complexity index is 736. The molecule has 6 heteroatoms. The molecule has 1 aliphatic heterocycles. The van der Waals surface area contributed by atoms with Crippen LogP contribution in [0.2, 0.25) is 0 Å². The predicted molar refractivity (Wildman–Crippen MR) is 85.7 cm³/mol. The maximum atomic E-state index is 12.3. The molecule has 0 radical (unpaired) electrons. The van der Waals surface area contributed by atoms with E-state index in [1.54, 1.807) is 11.6 Å². The van der Waals surface area contributed by atoms with Crippen LogP contribution in [0.5, 0.6) is 5.75 Å². The topological polar surface area (TPSA) is 51.5 Å². The summed E-state index contributed by atoms with van der Waals surface area (Å²) in [7, 11) is 1.73. The molecule has 0 aromatic carbocycles. The molecule has 0 bridgehead atoms. The molecule has 1 fully saturated rings. The minimum Gasteiger partial charge on any atom is -0.488 e. The Morgan fingerprint density at radius 3 is 2.91 bits per heavy atom. The second-order valence-corrected chi connectivity index (χ2v) is 6.43. The van der Waals surface area contributed by atoms with Gasteiger partial charge in [-0.25, -0.2) is 0 Å². The van der Waals surface area contributed by atoms with E-state index in [0.717, 1.165) is 17.0 Å². The number of likely N-dealkylation sites (tertiary alicyclic amines) is 1. The Hall–Kier alpha value is -2.08. The lowest BCUT2D eigenvalue weighted by atomic mass is 10.3. The number of pyridine rings is 1. The minimum absolute atomic E-state index is 0.0567. The molecule has 0 N–H and O–H groups in total. The van der Waals surface area contributed by atoms with Crippen LogP contribution in [-0.4, -0.2) is 34.6 Å². The van der Waals surface area contributed by atoms with Gasteiger partial charge in [0.15, 0.2) is 0 Å². The van der Waals surface area contributed by atoms with Crippen molar-refractivity contribution in [2.45, 2.75) is 19.4 Å². The van der Waals surface area contributed by atoms with Crippen molar-refractivity contribution in [2.24, 2.45) is 7.05 Å². The SMILES string of the molecule is Cc1cc(OC2CCN(C(=O)c3cccs3)C2)cc(=O)n1C. The number of ether oxygens (including phenoxy) is 1. The van der Waals surface area contributed by atoms with Gasteiger partial charge in [-0.2, -0.15) is 0 Å². The Labute approximate surface area is 132 Å². The van der Waals surface area contributed by atoms with Crippen LogP contribution >= 0.6 is 11.3 Å². The van der Waals surface area contributed by atoms with Crippen LogP contribution in [0.25, 0.3) is 0 Å². The number of rotatable bonds is 3. The van der Waals surface area contributed by atoms with Crippen LogP contribution in [0.3, 0.4) is 0 Å². The molecule has 116 valence electrons. The summed E-state index contributed by atoms with van der Waals surface area (Å²) in [4.78, 5) is 26.6. The predicted octanol–water partition coefficient (Wildman–Crippen LogP) is 2.05. The van der Waals surface area contributed by atoms with E-state index in [9.17, 15) is 9.59 Å². The largest absolute Gasteiger partial charge is 0.488 e. The summed E-state index contributed by atoms with van der Waals surface area (Å²) in [6, 6.07) is 7.07. The highest BCUT2D eigenvalue weighted by atomic mass is 32.1. The smallest absolute Gasteiger partial charge is 0.264 e. The second-order valence-electron chi connectivity index (χ2n) is 5.49. The number of carbonyl (C=O) groups is 1. The molecule has 1 amide bonds. The maximum Gasteiger partial charge on any atom is 0.264 e.